The number of benzene rings is 1. The van der Waals surface area contributed by atoms with Crippen LogP contribution in [0.3, 0.4) is 0 Å². The molecule has 0 amide bonds. The van der Waals surface area contributed by atoms with E-state index in [1.807, 2.05) is 12.1 Å². The van der Waals surface area contributed by atoms with Crippen LogP contribution in [0.25, 0.3) is 0 Å². The Morgan fingerprint density at radius 3 is 2.33 bits per heavy atom. The van der Waals surface area contributed by atoms with Gasteiger partial charge < -0.3 is 10.5 Å². The molecule has 1 aliphatic carbocycles. The maximum atomic E-state index is 6.45. The molecule has 1 fully saturated rings. The smallest absolute Gasteiger partial charge is 0.118 e. The number of hydrogen-bond acceptors (Lipinski definition) is 3. The van der Waals surface area contributed by atoms with E-state index in [1.54, 1.807) is 7.11 Å². The van der Waals surface area contributed by atoms with Crippen molar-refractivity contribution in [2.45, 2.75) is 63.6 Å². The van der Waals surface area contributed by atoms with Crippen LogP contribution < -0.4 is 10.5 Å². The van der Waals surface area contributed by atoms with E-state index in [2.05, 4.69) is 31.0 Å². The molecule has 0 saturated heterocycles. The van der Waals surface area contributed by atoms with Gasteiger partial charge in [0.15, 0.2) is 0 Å². The van der Waals surface area contributed by atoms with Crippen LogP contribution >= 0.6 is 0 Å². The predicted molar refractivity (Wildman–Crippen MR) is 88.6 cm³/mol. The second-order valence-corrected chi connectivity index (χ2v) is 6.25. The van der Waals surface area contributed by atoms with Gasteiger partial charge in [-0.05, 0) is 44.0 Å². The molecular formula is C18H30N2O. The Labute approximate surface area is 129 Å². The molecule has 2 atom stereocenters. The average molecular weight is 290 g/mol. The summed E-state index contributed by atoms with van der Waals surface area (Å²) >= 11 is 0. The largest absolute Gasteiger partial charge is 0.497 e. The zero-order valence-corrected chi connectivity index (χ0v) is 13.7. The van der Waals surface area contributed by atoms with E-state index in [4.69, 9.17) is 10.5 Å². The second kappa shape index (κ2) is 7.81. The molecule has 0 spiro atoms. The van der Waals surface area contributed by atoms with Crippen molar-refractivity contribution in [1.82, 2.24) is 4.90 Å². The van der Waals surface area contributed by atoms with Crippen LogP contribution in [0, 0.1) is 0 Å². The lowest BCUT2D eigenvalue weighted by Crippen LogP contribution is -2.44. The fraction of sp³-hybridized carbons (Fsp3) is 0.667. The first-order chi connectivity index (χ1) is 10.2. The van der Waals surface area contributed by atoms with Crippen LogP contribution in [-0.4, -0.2) is 31.1 Å². The van der Waals surface area contributed by atoms with Crippen molar-refractivity contribution in [2.24, 2.45) is 5.73 Å². The van der Waals surface area contributed by atoms with E-state index in [9.17, 15) is 0 Å². The molecule has 0 bridgehead atoms. The van der Waals surface area contributed by atoms with Crippen molar-refractivity contribution in [3.63, 3.8) is 0 Å². The summed E-state index contributed by atoms with van der Waals surface area (Å²) in [6.45, 7) is 2.18. The fourth-order valence-corrected chi connectivity index (χ4v) is 3.52. The Morgan fingerprint density at radius 1 is 1.19 bits per heavy atom. The van der Waals surface area contributed by atoms with Crippen LogP contribution in [0.15, 0.2) is 24.3 Å². The summed E-state index contributed by atoms with van der Waals surface area (Å²) in [4.78, 5) is 2.52. The Kier molecular flexibility index (Phi) is 6.07. The lowest BCUT2D eigenvalue weighted by atomic mass is 9.90. The zero-order chi connectivity index (χ0) is 15.2. The zero-order valence-electron chi connectivity index (χ0n) is 13.7. The average Bonchev–Trinajstić information content (AvgIpc) is 2.56. The molecule has 1 aromatic carbocycles. The van der Waals surface area contributed by atoms with Crippen molar-refractivity contribution < 1.29 is 4.74 Å². The SMILES string of the molecule is CCC(N)C(c1ccc(OC)cc1)N(C)C1CCCCC1. The molecule has 1 aromatic rings. The quantitative estimate of drug-likeness (QED) is 0.867. The minimum absolute atomic E-state index is 0.172. The number of nitrogens with two attached hydrogens (primary N) is 1. The Hall–Kier alpha value is -1.06. The van der Waals surface area contributed by atoms with Crippen LogP contribution in [0.5, 0.6) is 5.75 Å². The van der Waals surface area contributed by atoms with Crippen LogP contribution in [0.1, 0.15) is 57.1 Å². The molecule has 0 radical (unpaired) electrons. The van der Waals surface area contributed by atoms with E-state index >= 15 is 0 Å². The number of hydrogen-bond donors (Lipinski definition) is 1. The number of ether oxygens (including phenoxy) is 1. The molecule has 118 valence electrons. The lowest BCUT2D eigenvalue weighted by Gasteiger charge is -2.40. The summed E-state index contributed by atoms with van der Waals surface area (Å²) in [5, 5.41) is 0. The first-order valence-corrected chi connectivity index (χ1v) is 8.28. The van der Waals surface area contributed by atoms with Gasteiger partial charge >= 0.3 is 0 Å². The highest BCUT2D eigenvalue weighted by Crippen LogP contribution is 2.32. The molecule has 1 saturated carbocycles. The monoisotopic (exact) mass is 290 g/mol. The van der Waals surface area contributed by atoms with Crippen LogP contribution in [0.4, 0.5) is 0 Å². The molecule has 3 heteroatoms. The van der Waals surface area contributed by atoms with Gasteiger partial charge in [-0.2, -0.15) is 0 Å². The second-order valence-electron chi connectivity index (χ2n) is 6.25. The van der Waals surface area contributed by atoms with Gasteiger partial charge in [0.2, 0.25) is 0 Å². The molecule has 0 aromatic heterocycles. The van der Waals surface area contributed by atoms with Gasteiger partial charge in [-0.25, -0.2) is 0 Å². The van der Waals surface area contributed by atoms with Gasteiger partial charge in [0.1, 0.15) is 5.75 Å². The first-order valence-electron chi connectivity index (χ1n) is 8.28. The van der Waals surface area contributed by atoms with Gasteiger partial charge in [-0.3, -0.25) is 4.90 Å². The molecule has 0 heterocycles. The number of methoxy groups -OCH3 is 1. The normalized spacial score (nSPS) is 19.5. The maximum Gasteiger partial charge on any atom is 0.118 e. The standard InChI is InChI=1S/C18H30N2O/c1-4-17(19)18(14-10-12-16(21-3)13-11-14)20(2)15-8-6-5-7-9-15/h10-13,15,17-18H,4-9,19H2,1-3H3. The predicted octanol–water partition coefficient (Wildman–Crippen LogP) is 3.74. The summed E-state index contributed by atoms with van der Waals surface area (Å²) in [5.74, 6) is 0.905. The molecule has 0 aliphatic heterocycles. The van der Waals surface area contributed by atoms with Gasteiger partial charge in [-0.15, -0.1) is 0 Å². The highest BCUT2D eigenvalue weighted by molar-refractivity contribution is 5.30. The molecule has 21 heavy (non-hydrogen) atoms. The number of likely N-dealkylation sites (N-methyl/N-ethyl adjacent to an activating group) is 1. The third kappa shape index (κ3) is 3.98. The van der Waals surface area contributed by atoms with Gasteiger partial charge in [0.05, 0.1) is 7.11 Å². The summed E-state index contributed by atoms with van der Waals surface area (Å²) in [7, 11) is 3.96. The van der Waals surface area contributed by atoms with Crippen molar-refractivity contribution in [3.05, 3.63) is 29.8 Å². The Morgan fingerprint density at radius 2 is 1.81 bits per heavy atom. The van der Waals surface area contributed by atoms with Gasteiger partial charge in [0, 0.05) is 18.1 Å². The molecule has 2 unspecified atom stereocenters. The van der Waals surface area contributed by atoms with Crippen LogP contribution in [-0.2, 0) is 0 Å². The Balaban J connectivity index is 2.19. The highest BCUT2D eigenvalue weighted by atomic mass is 16.5. The third-order valence-corrected chi connectivity index (χ3v) is 4.92. The highest BCUT2D eigenvalue weighted by Gasteiger charge is 2.29. The molecule has 3 nitrogen and oxygen atoms in total. The summed E-state index contributed by atoms with van der Waals surface area (Å²) in [6, 6.07) is 9.55. The lowest BCUT2D eigenvalue weighted by molar-refractivity contribution is 0.118. The van der Waals surface area contributed by atoms with Crippen molar-refractivity contribution in [3.8, 4) is 5.75 Å². The summed E-state index contributed by atoms with van der Waals surface area (Å²) in [6.07, 6.45) is 7.70. The van der Waals surface area contributed by atoms with Gasteiger partial charge in [0.25, 0.3) is 0 Å². The minimum Gasteiger partial charge on any atom is -0.497 e. The van der Waals surface area contributed by atoms with E-state index in [0.717, 1.165) is 12.2 Å². The molecule has 2 N–H and O–H groups in total. The first kappa shape index (κ1) is 16.3. The summed E-state index contributed by atoms with van der Waals surface area (Å²) in [5.41, 5.74) is 7.76. The molecule has 1 aliphatic rings. The summed E-state index contributed by atoms with van der Waals surface area (Å²) < 4.78 is 5.27. The molecular weight excluding hydrogens is 260 g/mol. The van der Waals surface area contributed by atoms with Crippen molar-refractivity contribution >= 4 is 0 Å². The van der Waals surface area contributed by atoms with Crippen LogP contribution in [0.2, 0.25) is 0 Å². The third-order valence-electron chi connectivity index (χ3n) is 4.92. The number of rotatable bonds is 6. The molecule has 2 rings (SSSR count). The maximum absolute atomic E-state index is 6.45. The Bertz CT molecular complexity index is 412. The van der Waals surface area contributed by atoms with Crippen molar-refractivity contribution in [2.75, 3.05) is 14.2 Å². The van der Waals surface area contributed by atoms with E-state index in [-0.39, 0.29) is 6.04 Å². The van der Waals surface area contributed by atoms with E-state index in [0.29, 0.717) is 12.1 Å². The van der Waals surface area contributed by atoms with E-state index < -0.39 is 0 Å². The topological polar surface area (TPSA) is 38.5 Å². The minimum atomic E-state index is 0.172. The van der Waals surface area contributed by atoms with Gasteiger partial charge in [-0.1, -0.05) is 38.3 Å². The van der Waals surface area contributed by atoms with E-state index in [1.165, 1.54) is 37.7 Å². The fourth-order valence-electron chi connectivity index (χ4n) is 3.52. The van der Waals surface area contributed by atoms with Crippen molar-refractivity contribution in [1.29, 1.82) is 0 Å². The number of nitrogens with zero attached hydrogens (tertiary/aromatic N) is 1.